The van der Waals surface area contributed by atoms with E-state index in [0.29, 0.717) is 10.8 Å². The molecule has 9 heteroatoms. The van der Waals surface area contributed by atoms with Crippen LogP contribution in [0.4, 0.5) is 10.8 Å². The van der Waals surface area contributed by atoms with Crippen molar-refractivity contribution in [3.05, 3.63) is 59.2 Å². The number of aliphatic hydroxyl groups is 1. The van der Waals surface area contributed by atoms with Crippen molar-refractivity contribution in [1.29, 1.82) is 0 Å². The van der Waals surface area contributed by atoms with E-state index in [0.717, 1.165) is 48.7 Å². The number of rotatable bonds is 6. The van der Waals surface area contributed by atoms with Crippen LogP contribution < -0.4 is 10.2 Å². The molecule has 3 aromatic rings. The average Bonchev–Trinajstić information content (AvgIpc) is 3.27. The summed E-state index contributed by atoms with van der Waals surface area (Å²) in [6.45, 7) is 3.86. The van der Waals surface area contributed by atoms with Crippen LogP contribution in [0.5, 0.6) is 0 Å². The van der Waals surface area contributed by atoms with E-state index in [2.05, 4.69) is 30.7 Å². The summed E-state index contributed by atoms with van der Waals surface area (Å²) in [4.78, 5) is 23.7. The van der Waals surface area contributed by atoms with Gasteiger partial charge in [0.1, 0.15) is 5.69 Å². The molecule has 1 aliphatic heterocycles. The van der Waals surface area contributed by atoms with Crippen LogP contribution in [0.3, 0.4) is 0 Å². The van der Waals surface area contributed by atoms with Gasteiger partial charge in [0.15, 0.2) is 5.13 Å². The second-order valence-corrected chi connectivity index (χ2v) is 8.55. The summed E-state index contributed by atoms with van der Waals surface area (Å²) in [6, 6.07) is 11.2. The van der Waals surface area contributed by atoms with Crippen LogP contribution in [0, 0.1) is 0 Å². The van der Waals surface area contributed by atoms with Crippen LogP contribution >= 0.6 is 23.3 Å². The molecule has 0 bridgehead atoms. The molecule has 2 aromatic heterocycles. The zero-order valence-corrected chi connectivity index (χ0v) is 18.2. The molecule has 30 heavy (non-hydrogen) atoms. The number of anilines is 2. The van der Waals surface area contributed by atoms with Gasteiger partial charge in [-0.1, -0.05) is 36.2 Å². The van der Waals surface area contributed by atoms with Crippen molar-refractivity contribution in [3.8, 4) is 11.3 Å². The second kappa shape index (κ2) is 9.57. The number of hydrogen-bond acceptors (Lipinski definition) is 8. The zero-order chi connectivity index (χ0) is 20.9. The van der Waals surface area contributed by atoms with Crippen molar-refractivity contribution in [3.63, 3.8) is 0 Å². The fraction of sp³-hybridized carbons (Fsp3) is 0.286. The Morgan fingerprint density at radius 2 is 2.00 bits per heavy atom. The third-order valence-corrected chi connectivity index (χ3v) is 6.67. The maximum Gasteiger partial charge on any atom is 0.276 e. The highest BCUT2D eigenvalue weighted by Crippen LogP contribution is 2.28. The minimum absolute atomic E-state index is 0.0575. The van der Waals surface area contributed by atoms with Crippen molar-refractivity contribution in [2.45, 2.75) is 6.61 Å². The van der Waals surface area contributed by atoms with E-state index in [1.54, 1.807) is 24.2 Å². The molecule has 4 rings (SSSR count). The van der Waals surface area contributed by atoms with Crippen LogP contribution in [-0.4, -0.2) is 57.7 Å². The maximum atomic E-state index is 12.6. The van der Waals surface area contributed by atoms with Gasteiger partial charge < -0.3 is 10.0 Å². The molecule has 3 heterocycles. The first-order valence-corrected chi connectivity index (χ1v) is 11.7. The van der Waals surface area contributed by atoms with E-state index in [-0.39, 0.29) is 12.5 Å². The summed E-state index contributed by atoms with van der Waals surface area (Å²) < 4.78 is 2.34. The molecule has 0 atom stereocenters. The second-order valence-electron chi connectivity index (χ2n) is 6.81. The number of nitrogens with one attached hydrogen (secondary N) is 1. The van der Waals surface area contributed by atoms with E-state index in [1.165, 1.54) is 11.3 Å². The Bertz CT molecular complexity index is 1000. The average molecular weight is 442 g/mol. The molecule has 156 valence electrons. The predicted molar refractivity (Wildman–Crippen MR) is 123 cm³/mol. The molecule has 1 saturated heterocycles. The number of aliphatic hydroxyl groups excluding tert-OH is 1. The SMILES string of the molecule is CSN1CCN(c2ccc(C(=O)Nc3nc(-c4ccccc4CO)cs3)nc2)CC1. The molecule has 0 radical (unpaired) electrons. The summed E-state index contributed by atoms with van der Waals surface area (Å²) >= 11 is 3.12. The maximum absolute atomic E-state index is 12.6. The van der Waals surface area contributed by atoms with Crippen molar-refractivity contribution < 1.29 is 9.90 Å². The Labute approximate surface area is 183 Å². The smallest absolute Gasteiger partial charge is 0.276 e. The first kappa shape index (κ1) is 20.8. The number of hydrogen-bond donors (Lipinski definition) is 2. The molecule has 0 spiro atoms. The molecule has 0 saturated carbocycles. The molecular formula is C21H23N5O2S2. The lowest BCUT2D eigenvalue weighted by atomic mass is 10.1. The van der Waals surface area contributed by atoms with Crippen LogP contribution in [0.25, 0.3) is 11.3 Å². The largest absolute Gasteiger partial charge is 0.392 e. The number of aromatic nitrogens is 2. The molecule has 1 aromatic carbocycles. The number of amides is 1. The van der Waals surface area contributed by atoms with Gasteiger partial charge >= 0.3 is 0 Å². The Kier molecular flexibility index (Phi) is 6.63. The standard InChI is InChI=1S/C21H23N5O2S2/c1-29-26-10-8-25(9-11-26)16-6-7-18(22-12-16)20(28)24-21-23-19(14-30-21)17-5-3-2-4-15(17)13-27/h2-7,12,14,27H,8-11,13H2,1H3,(H,23,24,28). The zero-order valence-electron chi connectivity index (χ0n) is 16.6. The molecule has 0 aliphatic carbocycles. The number of carbonyl (C=O) groups is 1. The molecule has 1 amide bonds. The summed E-state index contributed by atoms with van der Waals surface area (Å²) in [7, 11) is 0. The van der Waals surface area contributed by atoms with E-state index in [4.69, 9.17) is 0 Å². The topological polar surface area (TPSA) is 81.6 Å². The van der Waals surface area contributed by atoms with Crippen molar-refractivity contribution in [1.82, 2.24) is 14.3 Å². The number of piperazine rings is 1. The van der Waals surface area contributed by atoms with Gasteiger partial charge in [0.2, 0.25) is 0 Å². The quantitative estimate of drug-likeness (QED) is 0.568. The molecule has 0 unspecified atom stereocenters. The van der Waals surface area contributed by atoms with E-state index in [9.17, 15) is 9.90 Å². The minimum Gasteiger partial charge on any atom is -0.392 e. The van der Waals surface area contributed by atoms with E-state index >= 15 is 0 Å². The Balaban J connectivity index is 1.40. The van der Waals surface area contributed by atoms with E-state index in [1.807, 2.05) is 35.7 Å². The highest BCUT2D eigenvalue weighted by molar-refractivity contribution is 7.96. The predicted octanol–water partition coefficient (Wildman–Crippen LogP) is 3.35. The lowest BCUT2D eigenvalue weighted by Gasteiger charge is -2.34. The monoisotopic (exact) mass is 441 g/mol. The molecule has 2 N–H and O–H groups in total. The van der Waals surface area contributed by atoms with Crippen LogP contribution in [0.1, 0.15) is 16.1 Å². The van der Waals surface area contributed by atoms with Gasteiger partial charge in [-0.25, -0.2) is 14.3 Å². The van der Waals surface area contributed by atoms with Gasteiger partial charge in [-0.05, 0) is 24.0 Å². The minimum atomic E-state index is -0.287. The third kappa shape index (κ3) is 4.65. The summed E-state index contributed by atoms with van der Waals surface area (Å²) in [5.74, 6) is -0.287. The van der Waals surface area contributed by atoms with Crippen LogP contribution in [-0.2, 0) is 6.61 Å². The number of thiazole rings is 1. The van der Waals surface area contributed by atoms with Gasteiger partial charge in [0.05, 0.1) is 24.2 Å². The van der Waals surface area contributed by atoms with Gasteiger partial charge in [0, 0.05) is 37.1 Å². The first-order chi connectivity index (χ1) is 14.7. The highest BCUT2D eigenvalue weighted by Gasteiger charge is 2.18. The lowest BCUT2D eigenvalue weighted by molar-refractivity contribution is 0.102. The van der Waals surface area contributed by atoms with Crippen molar-refractivity contribution >= 4 is 40.0 Å². The Morgan fingerprint density at radius 3 is 2.70 bits per heavy atom. The van der Waals surface area contributed by atoms with Crippen molar-refractivity contribution in [2.75, 3.05) is 42.7 Å². The van der Waals surface area contributed by atoms with Gasteiger partial charge in [0.25, 0.3) is 5.91 Å². The van der Waals surface area contributed by atoms with Crippen LogP contribution in [0.15, 0.2) is 48.0 Å². The van der Waals surface area contributed by atoms with Crippen LogP contribution in [0.2, 0.25) is 0 Å². The number of pyridine rings is 1. The molecular weight excluding hydrogens is 418 g/mol. The summed E-state index contributed by atoms with van der Waals surface area (Å²) in [5.41, 5.74) is 3.78. The molecule has 7 nitrogen and oxygen atoms in total. The first-order valence-electron chi connectivity index (χ1n) is 9.64. The summed E-state index contributed by atoms with van der Waals surface area (Å²) in [6.07, 6.45) is 3.86. The van der Waals surface area contributed by atoms with E-state index < -0.39 is 0 Å². The molecule has 1 aliphatic rings. The van der Waals surface area contributed by atoms with Gasteiger partial charge in [-0.15, -0.1) is 11.3 Å². The number of nitrogens with zero attached hydrogens (tertiary/aromatic N) is 4. The van der Waals surface area contributed by atoms with Crippen molar-refractivity contribution in [2.24, 2.45) is 0 Å². The van der Waals surface area contributed by atoms with Gasteiger partial charge in [-0.3, -0.25) is 10.1 Å². The third-order valence-electron chi connectivity index (χ3n) is 5.03. The van der Waals surface area contributed by atoms with Gasteiger partial charge in [-0.2, -0.15) is 0 Å². The molecule has 1 fully saturated rings. The number of carbonyl (C=O) groups excluding carboxylic acids is 1. The summed E-state index contributed by atoms with van der Waals surface area (Å²) in [5, 5.41) is 14.7. The Morgan fingerprint density at radius 1 is 1.20 bits per heavy atom. The normalized spacial score (nSPS) is 14.7. The fourth-order valence-corrected chi connectivity index (χ4v) is 4.59. The fourth-order valence-electron chi connectivity index (χ4n) is 3.36. The highest BCUT2D eigenvalue weighted by atomic mass is 32.2. The lowest BCUT2D eigenvalue weighted by Crippen LogP contribution is -2.43. The number of benzene rings is 1. The Hall–Kier alpha value is -2.46.